The quantitative estimate of drug-likeness (QED) is 0.645. The van der Waals surface area contributed by atoms with Crippen molar-refractivity contribution in [3.8, 4) is 11.5 Å². The van der Waals surface area contributed by atoms with E-state index in [1.54, 1.807) is 0 Å². The normalized spacial score (nSPS) is 12.3. The number of nitro groups is 1. The van der Waals surface area contributed by atoms with E-state index >= 15 is 0 Å². The van der Waals surface area contributed by atoms with Crippen LogP contribution in [0.4, 0.5) is 5.69 Å². The number of hydrogen-bond acceptors (Lipinski definition) is 5. The van der Waals surface area contributed by atoms with E-state index < -0.39 is 11.0 Å². The predicted octanol–water partition coefficient (Wildman–Crippen LogP) is 2.44. The SMILES string of the molecule is COc1cc([N+](=O)[O-])c(C(C)O)cc1OC(C)C. The number of benzene rings is 1. The molecule has 1 aromatic rings. The van der Waals surface area contributed by atoms with E-state index in [1.165, 1.54) is 26.2 Å². The van der Waals surface area contributed by atoms with Crippen molar-refractivity contribution in [3.05, 3.63) is 27.8 Å². The van der Waals surface area contributed by atoms with Gasteiger partial charge in [0.1, 0.15) is 0 Å². The highest BCUT2D eigenvalue weighted by Crippen LogP contribution is 2.37. The van der Waals surface area contributed by atoms with Crippen molar-refractivity contribution in [2.75, 3.05) is 7.11 Å². The number of aliphatic hydroxyl groups excluding tert-OH is 1. The van der Waals surface area contributed by atoms with Gasteiger partial charge in [0.15, 0.2) is 11.5 Å². The minimum absolute atomic E-state index is 0.0952. The molecule has 0 aliphatic rings. The van der Waals surface area contributed by atoms with E-state index in [0.717, 1.165) is 0 Å². The summed E-state index contributed by atoms with van der Waals surface area (Å²) < 4.78 is 10.6. The fourth-order valence-corrected chi connectivity index (χ4v) is 1.56. The third-order valence-corrected chi connectivity index (χ3v) is 2.32. The molecule has 0 aliphatic heterocycles. The van der Waals surface area contributed by atoms with Crippen molar-refractivity contribution in [3.63, 3.8) is 0 Å². The lowest BCUT2D eigenvalue weighted by molar-refractivity contribution is -0.386. The molecule has 6 nitrogen and oxygen atoms in total. The van der Waals surface area contributed by atoms with Crippen LogP contribution in [0.15, 0.2) is 12.1 Å². The van der Waals surface area contributed by atoms with Crippen molar-refractivity contribution < 1.29 is 19.5 Å². The smallest absolute Gasteiger partial charge is 0.279 e. The Labute approximate surface area is 105 Å². The van der Waals surface area contributed by atoms with Crippen molar-refractivity contribution >= 4 is 5.69 Å². The molecule has 0 fully saturated rings. The highest BCUT2D eigenvalue weighted by molar-refractivity contribution is 5.55. The molecule has 0 spiro atoms. The van der Waals surface area contributed by atoms with Gasteiger partial charge in [-0.1, -0.05) is 0 Å². The fourth-order valence-electron chi connectivity index (χ4n) is 1.56. The molecule has 0 heterocycles. The van der Waals surface area contributed by atoms with E-state index in [-0.39, 0.29) is 23.1 Å². The van der Waals surface area contributed by atoms with Crippen LogP contribution in [0.5, 0.6) is 11.5 Å². The van der Waals surface area contributed by atoms with Gasteiger partial charge in [-0.2, -0.15) is 0 Å². The maximum atomic E-state index is 10.9. The highest BCUT2D eigenvalue weighted by Gasteiger charge is 2.22. The van der Waals surface area contributed by atoms with Gasteiger partial charge >= 0.3 is 0 Å². The number of rotatable bonds is 5. The van der Waals surface area contributed by atoms with Gasteiger partial charge in [-0.05, 0) is 26.8 Å². The standard InChI is InChI=1S/C12H17NO5/c1-7(2)18-12-5-9(8(3)14)10(13(15)16)6-11(12)17-4/h5-8,14H,1-4H3. The van der Waals surface area contributed by atoms with Crippen LogP contribution in [0.25, 0.3) is 0 Å². The molecule has 1 aromatic carbocycles. The summed E-state index contributed by atoms with van der Waals surface area (Å²) in [6.45, 7) is 5.14. The lowest BCUT2D eigenvalue weighted by Gasteiger charge is -2.16. The van der Waals surface area contributed by atoms with Crippen molar-refractivity contribution in [1.82, 2.24) is 0 Å². The van der Waals surface area contributed by atoms with Gasteiger partial charge in [0.25, 0.3) is 5.69 Å². The first-order valence-corrected chi connectivity index (χ1v) is 5.57. The zero-order valence-corrected chi connectivity index (χ0v) is 10.8. The first-order chi connectivity index (χ1) is 8.36. The molecule has 1 rings (SSSR count). The van der Waals surface area contributed by atoms with Crippen LogP contribution in [0.1, 0.15) is 32.4 Å². The number of nitro benzene ring substituents is 1. The Bertz CT molecular complexity index is 442. The van der Waals surface area contributed by atoms with E-state index in [0.29, 0.717) is 5.75 Å². The zero-order chi connectivity index (χ0) is 13.9. The van der Waals surface area contributed by atoms with Gasteiger partial charge in [0.2, 0.25) is 0 Å². The molecule has 6 heteroatoms. The molecule has 1 atom stereocenters. The van der Waals surface area contributed by atoms with Crippen LogP contribution in [0.3, 0.4) is 0 Å². The molecule has 0 radical (unpaired) electrons. The van der Waals surface area contributed by atoms with Crippen LogP contribution in [0, 0.1) is 10.1 Å². The second-order valence-corrected chi connectivity index (χ2v) is 4.16. The Morgan fingerprint density at radius 3 is 2.28 bits per heavy atom. The van der Waals surface area contributed by atoms with Gasteiger partial charge in [0, 0.05) is 0 Å². The summed E-state index contributed by atoms with van der Waals surface area (Å²) in [6.07, 6.45) is -1.05. The molecule has 1 unspecified atom stereocenters. The fraction of sp³-hybridized carbons (Fsp3) is 0.500. The molecule has 18 heavy (non-hydrogen) atoms. The maximum Gasteiger partial charge on any atom is 0.279 e. The second kappa shape index (κ2) is 5.68. The summed E-state index contributed by atoms with van der Waals surface area (Å²) >= 11 is 0. The summed E-state index contributed by atoms with van der Waals surface area (Å²) in [5.74, 6) is 0.661. The Kier molecular flexibility index (Phi) is 4.49. The monoisotopic (exact) mass is 255 g/mol. The van der Waals surface area contributed by atoms with E-state index in [1.807, 2.05) is 13.8 Å². The third-order valence-electron chi connectivity index (χ3n) is 2.32. The Morgan fingerprint density at radius 2 is 1.89 bits per heavy atom. The topological polar surface area (TPSA) is 81.8 Å². The van der Waals surface area contributed by atoms with Gasteiger partial charge in [-0.15, -0.1) is 0 Å². The molecular formula is C12H17NO5. The zero-order valence-electron chi connectivity index (χ0n) is 10.8. The molecule has 0 aromatic heterocycles. The van der Waals surface area contributed by atoms with E-state index in [9.17, 15) is 15.2 Å². The van der Waals surface area contributed by atoms with Crippen LogP contribution in [-0.4, -0.2) is 23.2 Å². The maximum absolute atomic E-state index is 10.9. The van der Waals surface area contributed by atoms with Crippen LogP contribution >= 0.6 is 0 Å². The van der Waals surface area contributed by atoms with Gasteiger partial charge in [-0.25, -0.2) is 0 Å². The first-order valence-electron chi connectivity index (χ1n) is 5.57. The summed E-state index contributed by atoms with van der Waals surface area (Å²) in [5.41, 5.74) is 0.0226. The Hall–Kier alpha value is -1.82. The molecule has 0 aliphatic carbocycles. The summed E-state index contributed by atoms with van der Waals surface area (Å²) in [6, 6.07) is 2.71. The number of nitrogens with zero attached hydrogens (tertiary/aromatic N) is 1. The molecule has 0 saturated carbocycles. The molecule has 1 N–H and O–H groups in total. The van der Waals surface area contributed by atoms with E-state index in [4.69, 9.17) is 9.47 Å². The minimum atomic E-state index is -0.953. The summed E-state index contributed by atoms with van der Waals surface area (Å²) in [4.78, 5) is 10.4. The van der Waals surface area contributed by atoms with Crippen molar-refractivity contribution in [2.45, 2.75) is 33.0 Å². The number of methoxy groups -OCH3 is 1. The molecular weight excluding hydrogens is 238 g/mol. The van der Waals surface area contributed by atoms with Gasteiger partial charge < -0.3 is 14.6 Å². The van der Waals surface area contributed by atoms with Crippen LogP contribution in [0.2, 0.25) is 0 Å². The third kappa shape index (κ3) is 3.10. The minimum Gasteiger partial charge on any atom is -0.493 e. The second-order valence-electron chi connectivity index (χ2n) is 4.16. The average molecular weight is 255 g/mol. The first kappa shape index (κ1) is 14.2. The molecule has 0 bridgehead atoms. The summed E-state index contributed by atoms with van der Waals surface area (Å²) in [5, 5.41) is 20.5. The molecule has 0 saturated heterocycles. The van der Waals surface area contributed by atoms with Crippen LogP contribution < -0.4 is 9.47 Å². The lowest BCUT2D eigenvalue weighted by Crippen LogP contribution is -2.08. The number of aliphatic hydroxyl groups is 1. The largest absolute Gasteiger partial charge is 0.493 e. The molecule has 100 valence electrons. The summed E-state index contributed by atoms with van der Waals surface area (Å²) in [7, 11) is 1.41. The van der Waals surface area contributed by atoms with E-state index in [2.05, 4.69) is 0 Å². The van der Waals surface area contributed by atoms with Gasteiger partial charge in [0.05, 0.1) is 35.9 Å². The van der Waals surface area contributed by atoms with Gasteiger partial charge in [-0.3, -0.25) is 10.1 Å². The Balaban J connectivity index is 3.36. The lowest BCUT2D eigenvalue weighted by atomic mass is 10.1. The number of hydrogen-bond donors (Lipinski definition) is 1. The van der Waals surface area contributed by atoms with Crippen LogP contribution in [-0.2, 0) is 0 Å². The predicted molar refractivity (Wildman–Crippen MR) is 66.0 cm³/mol. The average Bonchev–Trinajstić information content (AvgIpc) is 2.27. The van der Waals surface area contributed by atoms with Crippen molar-refractivity contribution in [1.29, 1.82) is 0 Å². The number of ether oxygens (including phenoxy) is 2. The Morgan fingerprint density at radius 1 is 1.28 bits per heavy atom. The molecule has 0 amide bonds. The van der Waals surface area contributed by atoms with Crippen molar-refractivity contribution in [2.24, 2.45) is 0 Å². The highest BCUT2D eigenvalue weighted by atomic mass is 16.6.